The molecule has 0 radical (unpaired) electrons. The Balaban J connectivity index is 1.09. The molecule has 0 unspecified atom stereocenters. The number of nitrogens with one attached hydrogen (secondary N) is 1. The van der Waals surface area contributed by atoms with Crippen molar-refractivity contribution in [3.63, 3.8) is 0 Å². The minimum Gasteiger partial charge on any atom is -0.492 e. The van der Waals surface area contributed by atoms with E-state index in [0.717, 1.165) is 68.0 Å². The van der Waals surface area contributed by atoms with Crippen LogP contribution in [-0.4, -0.2) is 94.4 Å². The zero-order valence-electron chi connectivity index (χ0n) is 23.4. The standard InChI is InChI=1S/C31H35N7O3/c1-36-12-14-38(15-13-36)30(40)24-18-22-5-6-25(20-23(22)19-24)34-31-33-10-8-27(35-31)28-21-26(7-9-32-28)41-17-16-37-11-3-2-4-29(37)39/h5-10,19-21H,2-4,11-18H2,1H3,(H,33,34,35). The molecule has 2 fully saturated rings. The van der Waals surface area contributed by atoms with Crippen LogP contribution in [0.4, 0.5) is 11.6 Å². The zero-order valence-corrected chi connectivity index (χ0v) is 23.4. The van der Waals surface area contributed by atoms with E-state index >= 15 is 0 Å². The van der Waals surface area contributed by atoms with Crippen molar-refractivity contribution in [1.82, 2.24) is 29.7 Å². The number of likely N-dealkylation sites (tertiary alicyclic amines) is 1. The number of likely N-dealkylation sites (N-methyl/N-ethyl adjacent to an activating group) is 1. The lowest BCUT2D eigenvalue weighted by molar-refractivity contribution is -0.133. The van der Waals surface area contributed by atoms with Gasteiger partial charge in [0.2, 0.25) is 17.8 Å². The van der Waals surface area contributed by atoms with E-state index in [0.29, 0.717) is 49.1 Å². The lowest BCUT2D eigenvalue weighted by Crippen LogP contribution is -2.47. The van der Waals surface area contributed by atoms with Crippen molar-refractivity contribution in [1.29, 1.82) is 0 Å². The Bertz CT molecular complexity index is 1470. The van der Waals surface area contributed by atoms with Gasteiger partial charge in [0.05, 0.1) is 17.9 Å². The summed E-state index contributed by atoms with van der Waals surface area (Å²) in [6.45, 7) is 5.18. The Morgan fingerprint density at radius 1 is 0.976 bits per heavy atom. The molecule has 1 N–H and O–H groups in total. The Morgan fingerprint density at radius 2 is 1.83 bits per heavy atom. The van der Waals surface area contributed by atoms with Gasteiger partial charge >= 0.3 is 0 Å². The molecule has 3 aromatic rings. The normalized spacial score (nSPS) is 17.3. The topological polar surface area (TPSA) is 104 Å². The number of carbonyl (C=O) groups is 2. The van der Waals surface area contributed by atoms with Gasteiger partial charge in [-0.15, -0.1) is 0 Å². The second-order valence-corrected chi connectivity index (χ2v) is 10.8. The lowest BCUT2D eigenvalue weighted by Gasteiger charge is -2.32. The fourth-order valence-electron chi connectivity index (χ4n) is 5.47. The molecule has 1 aromatic carbocycles. The summed E-state index contributed by atoms with van der Waals surface area (Å²) in [5, 5.41) is 3.30. The molecule has 0 atom stereocenters. The first-order valence-corrected chi connectivity index (χ1v) is 14.3. The Kier molecular flexibility index (Phi) is 7.91. The number of anilines is 2. The molecule has 10 nitrogen and oxygen atoms in total. The van der Waals surface area contributed by atoms with Gasteiger partial charge in [0.15, 0.2) is 0 Å². The third kappa shape index (κ3) is 6.38. The van der Waals surface area contributed by atoms with Crippen LogP contribution in [0.5, 0.6) is 5.75 Å². The number of piperidine rings is 1. The van der Waals surface area contributed by atoms with E-state index in [9.17, 15) is 9.59 Å². The van der Waals surface area contributed by atoms with Crippen molar-refractivity contribution in [2.24, 2.45) is 0 Å². The van der Waals surface area contributed by atoms with Crippen molar-refractivity contribution in [3.8, 4) is 17.1 Å². The number of carbonyl (C=O) groups excluding carboxylic acids is 2. The molecule has 2 aromatic heterocycles. The molecule has 6 rings (SSSR count). The lowest BCUT2D eigenvalue weighted by atomic mass is 10.1. The second-order valence-electron chi connectivity index (χ2n) is 10.8. The molecule has 3 aliphatic rings. The molecule has 4 heterocycles. The average molecular weight is 554 g/mol. The molecular weight excluding hydrogens is 518 g/mol. The summed E-state index contributed by atoms with van der Waals surface area (Å²) >= 11 is 0. The summed E-state index contributed by atoms with van der Waals surface area (Å²) in [5.74, 6) is 1.48. The van der Waals surface area contributed by atoms with Gasteiger partial charge in [-0.1, -0.05) is 6.07 Å². The fraction of sp³-hybridized carbons (Fsp3) is 0.387. The van der Waals surface area contributed by atoms with Crippen molar-refractivity contribution in [2.75, 3.05) is 58.2 Å². The van der Waals surface area contributed by atoms with Crippen LogP contribution in [0.2, 0.25) is 0 Å². The average Bonchev–Trinajstić information content (AvgIpc) is 3.42. The largest absolute Gasteiger partial charge is 0.492 e. The zero-order chi connectivity index (χ0) is 28.2. The van der Waals surface area contributed by atoms with Gasteiger partial charge in [-0.05, 0) is 61.4 Å². The smallest absolute Gasteiger partial charge is 0.250 e. The van der Waals surface area contributed by atoms with Gasteiger partial charge in [0, 0.05) is 75.3 Å². The van der Waals surface area contributed by atoms with Crippen LogP contribution < -0.4 is 10.1 Å². The van der Waals surface area contributed by atoms with Crippen LogP contribution >= 0.6 is 0 Å². The maximum atomic E-state index is 13.1. The number of nitrogens with zero attached hydrogens (tertiary/aromatic N) is 6. The predicted molar refractivity (Wildman–Crippen MR) is 157 cm³/mol. The highest BCUT2D eigenvalue weighted by Gasteiger charge is 2.25. The Hall–Kier alpha value is -4.31. The van der Waals surface area contributed by atoms with Crippen molar-refractivity contribution in [2.45, 2.75) is 25.7 Å². The number of piperazine rings is 1. The maximum absolute atomic E-state index is 13.1. The van der Waals surface area contributed by atoms with Crippen LogP contribution in [0.1, 0.15) is 30.4 Å². The van der Waals surface area contributed by atoms with E-state index in [4.69, 9.17) is 4.74 Å². The van der Waals surface area contributed by atoms with Crippen molar-refractivity contribution in [3.05, 3.63) is 65.5 Å². The van der Waals surface area contributed by atoms with Gasteiger partial charge in [0.1, 0.15) is 12.4 Å². The van der Waals surface area contributed by atoms with Crippen LogP contribution in [0, 0.1) is 0 Å². The van der Waals surface area contributed by atoms with Crippen LogP contribution in [0.15, 0.2) is 54.4 Å². The number of rotatable bonds is 8. The molecule has 1 aliphatic carbocycles. The number of ether oxygens (including phenoxy) is 1. The van der Waals surface area contributed by atoms with Gasteiger partial charge in [-0.3, -0.25) is 14.6 Å². The van der Waals surface area contributed by atoms with E-state index in [1.54, 1.807) is 12.4 Å². The van der Waals surface area contributed by atoms with E-state index in [1.165, 1.54) is 0 Å². The fourth-order valence-corrected chi connectivity index (χ4v) is 5.47. The van der Waals surface area contributed by atoms with Crippen molar-refractivity contribution < 1.29 is 14.3 Å². The molecule has 212 valence electrons. The summed E-state index contributed by atoms with van der Waals surface area (Å²) in [4.78, 5) is 44.7. The summed E-state index contributed by atoms with van der Waals surface area (Å²) in [7, 11) is 2.09. The van der Waals surface area contributed by atoms with Gasteiger partial charge in [-0.25, -0.2) is 9.97 Å². The number of benzene rings is 1. The number of amides is 2. The first-order chi connectivity index (χ1) is 20.0. The highest BCUT2D eigenvalue weighted by Crippen LogP contribution is 2.30. The van der Waals surface area contributed by atoms with Gasteiger partial charge in [0.25, 0.3) is 0 Å². The number of hydrogen-bond donors (Lipinski definition) is 1. The monoisotopic (exact) mass is 553 g/mol. The summed E-state index contributed by atoms with van der Waals surface area (Å²) < 4.78 is 5.93. The molecule has 2 aliphatic heterocycles. The van der Waals surface area contributed by atoms with Gasteiger partial charge in [-0.2, -0.15) is 0 Å². The third-order valence-electron chi connectivity index (χ3n) is 7.88. The van der Waals surface area contributed by atoms with Crippen LogP contribution in [0.3, 0.4) is 0 Å². The second kappa shape index (κ2) is 12.1. The van der Waals surface area contributed by atoms with E-state index in [1.807, 2.05) is 46.2 Å². The first kappa shape index (κ1) is 26.9. The number of fused-ring (bicyclic) bond motifs is 1. The quantitative estimate of drug-likeness (QED) is 0.453. The summed E-state index contributed by atoms with van der Waals surface area (Å²) in [6, 6.07) is 11.6. The molecule has 2 amide bonds. The van der Waals surface area contributed by atoms with E-state index in [2.05, 4.69) is 38.3 Å². The van der Waals surface area contributed by atoms with E-state index in [-0.39, 0.29) is 11.8 Å². The number of hydrogen-bond acceptors (Lipinski definition) is 8. The first-order valence-electron chi connectivity index (χ1n) is 14.3. The molecular formula is C31H35N7O3. The number of pyridine rings is 1. The molecule has 0 spiro atoms. The van der Waals surface area contributed by atoms with Crippen molar-refractivity contribution >= 4 is 29.5 Å². The highest BCUT2D eigenvalue weighted by atomic mass is 16.5. The molecule has 10 heteroatoms. The SMILES string of the molecule is CN1CCN(C(=O)C2=Cc3cc(Nc4nccc(-c5cc(OCCN6CCCCC6=O)ccn5)n4)ccc3C2)CC1. The third-order valence-corrected chi connectivity index (χ3v) is 7.88. The summed E-state index contributed by atoms with van der Waals surface area (Å²) in [5.41, 5.74) is 5.22. The predicted octanol–water partition coefficient (Wildman–Crippen LogP) is 3.39. The van der Waals surface area contributed by atoms with Gasteiger partial charge < -0.3 is 24.8 Å². The minimum absolute atomic E-state index is 0.138. The maximum Gasteiger partial charge on any atom is 0.250 e. The molecule has 0 saturated carbocycles. The number of aromatic nitrogens is 3. The molecule has 2 saturated heterocycles. The summed E-state index contributed by atoms with van der Waals surface area (Å²) in [6.07, 6.45) is 8.71. The van der Waals surface area contributed by atoms with Crippen LogP contribution in [0.25, 0.3) is 17.5 Å². The molecule has 41 heavy (non-hydrogen) atoms. The Labute approximate surface area is 240 Å². The molecule has 0 bridgehead atoms. The minimum atomic E-state index is 0.138. The van der Waals surface area contributed by atoms with E-state index < -0.39 is 0 Å². The van der Waals surface area contributed by atoms with Crippen LogP contribution in [-0.2, 0) is 16.0 Å². The highest BCUT2D eigenvalue weighted by molar-refractivity contribution is 6.00. The Morgan fingerprint density at radius 3 is 2.68 bits per heavy atom.